The Labute approximate surface area is 293 Å². The topological polar surface area (TPSA) is 132 Å². The van der Waals surface area contributed by atoms with Crippen molar-refractivity contribution in [3.05, 3.63) is 36.0 Å². The number of hydrogen-bond acceptors (Lipinski definition) is 8. The molecule has 1 unspecified atom stereocenters. The molecule has 0 spiro atoms. The summed E-state index contributed by atoms with van der Waals surface area (Å²) in [6.07, 6.45) is 16.1. The molecule has 3 aliphatic heterocycles. The molecular weight excluding hydrogens is 624 g/mol. The van der Waals surface area contributed by atoms with E-state index in [-0.39, 0.29) is 37.1 Å². The Kier molecular flexibility index (Phi) is 15.0. The molecule has 0 bridgehead atoms. The normalized spacial score (nSPS) is 31.7. The quantitative estimate of drug-likeness (QED) is 0.145. The zero-order valence-electron chi connectivity index (χ0n) is 30.4. The van der Waals surface area contributed by atoms with E-state index < -0.39 is 36.0 Å². The molecule has 4 rings (SSSR count). The molecule has 49 heavy (non-hydrogen) atoms. The maximum atomic E-state index is 13.4. The molecule has 11 nitrogen and oxygen atoms in total. The number of allylic oxidation sites excluding steroid dienone is 2. The molecule has 276 valence electrons. The average Bonchev–Trinajstić information content (AvgIpc) is 3.49. The maximum Gasteiger partial charge on any atom is 0.410 e. The molecule has 4 aliphatic rings. The summed E-state index contributed by atoms with van der Waals surface area (Å²) in [4.78, 5) is 44.7. The lowest BCUT2D eigenvalue weighted by Crippen LogP contribution is -2.53. The molecule has 3 fully saturated rings. The predicted molar refractivity (Wildman–Crippen MR) is 190 cm³/mol. The van der Waals surface area contributed by atoms with Gasteiger partial charge in [-0.05, 0) is 69.9 Å². The summed E-state index contributed by atoms with van der Waals surface area (Å²) in [5.74, 6) is -0.736. The van der Waals surface area contributed by atoms with Gasteiger partial charge in [0.25, 0.3) is 0 Å². The number of ether oxygens (including phenoxy) is 2. The Hall–Kier alpha value is -2.89. The lowest BCUT2D eigenvalue weighted by Gasteiger charge is -2.40. The molecule has 2 saturated heterocycles. The summed E-state index contributed by atoms with van der Waals surface area (Å²) in [5.41, 5.74) is -0.657. The van der Waals surface area contributed by atoms with Crippen LogP contribution in [0.4, 0.5) is 9.59 Å². The average molecular weight is 687 g/mol. The minimum atomic E-state index is -1.46. The van der Waals surface area contributed by atoms with E-state index in [4.69, 9.17) is 9.47 Å². The minimum absolute atomic E-state index is 0.0251. The summed E-state index contributed by atoms with van der Waals surface area (Å²) < 4.78 is 11.9. The number of rotatable bonds is 7. The summed E-state index contributed by atoms with van der Waals surface area (Å²) in [6, 6.07) is 0.567. The van der Waals surface area contributed by atoms with E-state index in [0.29, 0.717) is 25.7 Å². The zero-order chi connectivity index (χ0) is 35.4. The lowest BCUT2D eigenvalue weighted by molar-refractivity contribution is -0.151. The molecule has 0 aromatic rings. The summed E-state index contributed by atoms with van der Waals surface area (Å²) in [7, 11) is 0. The van der Waals surface area contributed by atoms with Crippen LogP contribution in [0.5, 0.6) is 0 Å². The number of esters is 1. The Morgan fingerprint density at radius 1 is 1.02 bits per heavy atom. The second-order valence-corrected chi connectivity index (χ2v) is 15.0. The number of nitrogens with zero attached hydrogens (tertiary/aromatic N) is 3. The van der Waals surface area contributed by atoms with Crippen LogP contribution in [0.25, 0.3) is 0 Å². The third kappa shape index (κ3) is 12.1. The third-order valence-electron chi connectivity index (χ3n) is 10.7. The van der Waals surface area contributed by atoms with Gasteiger partial charge in [-0.25, -0.2) is 9.59 Å². The van der Waals surface area contributed by atoms with Crippen LogP contribution >= 0.6 is 0 Å². The van der Waals surface area contributed by atoms with Gasteiger partial charge in [0.2, 0.25) is 0 Å². The number of amides is 3. The molecule has 11 heteroatoms. The van der Waals surface area contributed by atoms with Crippen LogP contribution in [0.15, 0.2) is 36.0 Å². The van der Waals surface area contributed by atoms with E-state index >= 15 is 0 Å². The predicted octanol–water partition coefficient (Wildman–Crippen LogP) is 5.18. The number of nitrogens with one attached hydrogen (secondary N) is 1. The molecule has 6 atom stereocenters. The van der Waals surface area contributed by atoms with Gasteiger partial charge in [-0.2, -0.15) is 0 Å². The van der Waals surface area contributed by atoms with Gasteiger partial charge in [-0.15, -0.1) is 0 Å². The first kappa shape index (κ1) is 38.9. The highest BCUT2D eigenvalue weighted by atomic mass is 16.6. The van der Waals surface area contributed by atoms with Crippen molar-refractivity contribution in [2.45, 2.75) is 128 Å². The van der Waals surface area contributed by atoms with Gasteiger partial charge in [0.15, 0.2) is 6.10 Å². The van der Waals surface area contributed by atoms with Gasteiger partial charge in [-0.3, -0.25) is 9.69 Å². The molecule has 0 aromatic heterocycles. The first-order chi connectivity index (χ1) is 23.4. The fourth-order valence-corrected chi connectivity index (χ4v) is 7.37. The van der Waals surface area contributed by atoms with Crippen molar-refractivity contribution in [1.29, 1.82) is 0 Å². The van der Waals surface area contributed by atoms with Crippen molar-refractivity contribution in [1.82, 2.24) is 20.0 Å². The van der Waals surface area contributed by atoms with Gasteiger partial charge >= 0.3 is 18.1 Å². The number of cyclic esters (lactones) is 1. The Morgan fingerprint density at radius 3 is 2.37 bits per heavy atom. The van der Waals surface area contributed by atoms with E-state index in [2.05, 4.69) is 10.2 Å². The number of carbonyl (C=O) groups excluding carboxylic acids is 3. The third-order valence-corrected chi connectivity index (χ3v) is 10.7. The van der Waals surface area contributed by atoms with Gasteiger partial charge in [0.05, 0.1) is 12.5 Å². The number of likely N-dealkylation sites (tertiary alicyclic amines) is 1. The van der Waals surface area contributed by atoms with Crippen LogP contribution in [-0.2, 0) is 14.3 Å². The van der Waals surface area contributed by atoms with Gasteiger partial charge in [0.1, 0.15) is 11.7 Å². The van der Waals surface area contributed by atoms with Crippen molar-refractivity contribution in [2.75, 3.05) is 45.8 Å². The fourth-order valence-electron chi connectivity index (χ4n) is 7.37. The first-order valence-corrected chi connectivity index (χ1v) is 18.8. The minimum Gasteiger partial charge on any atom is -0.457 e. The molecular formula is C38H62N4O7. The van der Waals surface area contributed by atoms with Crippen LogP contribution < -0.4 is 5.32 Å². The summed E-state index contributed by atoms with van der Waals surface area (Å²) in [5, 5.41) is 25.2. The van der Waals surface area contributed by atoms with Crippen molar-refractivity contribution in [3.8, 4) is 0 Å². The molecule has 3 N–H and O–H groups in total. The second-order valence-electron chi connectivity index (χ2n) is 15.0. The van der Waals surface area contributed by atoms with E-state index in [0.717, 1.165) is 44.6 Å². The maximum absolute atomic E-state index is 13.4. The molecule has 0 aromatic carbocycles. The first-order valence-electron chi connectivity index (χ1n) is 18.8. The Balaban J connectivity index is 1.40. The van der Waals surface area contributed by atoms with Crippen molar-refractivity contribution >= 4 is 18.1 Å². The second kappa shape index (κ2) is 18.9. The SMILES string of the molecule is C/C(=C\C=C\[C@@H](C)CNC(=O)N1CCCC1)[C@H]1OC(=O)C[C@@H](O)CC[C@](C)(O)C(OC(=O)N2CCN(C3CCCCCC3)CC2)/C=C/[C@@H]1C. The summed E-state index contributed by atoms with van der Waals surface area (Å²) in [6.45, 7) is 12.4. The number of urea groups is 1. The monoisotopic (exact) mass is 686 g/mol. The zero-order valence-corrected chi connectivity index (χ0v) is 30.4. The van der Waals surface area contributed by atoms with Crippen LogP contribution in [0.2, 0.25) is 0 Å². The number of aliphatic hydroxyl groups is 2. The highest BCUT2D eigenvalue weighted by Gasteiger charge is 2.37. The number of hydrogen-bond donors (Lipinski definition) is 3. The van der Waals surface area contributed by atoms with E-state index in [1.54, 1.807) is 17.9 Å². The Morgan fingerprint density at radius 2 is 1.69 bits per heavy atom. The smallest absolute Gasteiger partial charge is 0.410 e. The van der Waals surface area contributed by atoms with Crippen LogP contribution in [0, 0.1) is 11.8 Å². The van der Waals surface area contributed by atoms with Crippen LogP contribution in [-0.4, -0.2) is 119 Å². The molecule has 0 radical (unpaired) electrons. The van der Waals surface area contributed by atoms with Gasteiger partial charge in [-0.1, -0.05) is 63.8 Å². The van der Waals surface area contributed by atoms with E-state index in [9.17, 15) is 24.6 Å². The Bertz CT molecular complexity index is 1160. The van der Waals surface area contributed by atoms with Gasteiger partial charge < -0.3 is 34.8 Å². The van der Waals surface area contributed by atoms with Gasteiger partial charge in [0, 0.05) is 57.8 Å². The standard InChI is InChI=1S/C38H62N4O7/c1-28(27-39-36(45)41-20-9-10-21-41)12-11-13-29(2)35-30(3)16-17-33(38(4,47)19-18-32(43)26-34(44)49-35)48-37(46)42-24-22-40(23-25-42)31-14-7-5-6-8-15-31/h11-13,16-17,28,30-33,35,43,47H,5-10,14-15,18-27H2,1-4H3,(H,39,45)/b12-11+,17-16+,29-13+/t28-,30+,32+,33?,35-,38+/m1/s1. The molecule has 1 aliphatic carbocycles. The van der Waals surface area contributed by atoms with Crippen molar-refractivity contribution in [2.24, 2.45) is 11.8 Å². The van der Waals surface area contributed by atoms with E-state index in [1.807, 2.05) is 50.0 Å². The number of aliphatic hydroxyl groups excluding tert-OH is 1. The fraction of sp³-hybridized carbons (Fsp3) is 0.763. The van der Waals surface area contributed by atoms with Crippen LogP contribution in [0.1, 0.15) is 98.3 Å². The molecule has 3 heterocycles. The van der Waals surface area contributed by atoms with Crippen molar-refractivity contribution in [3.63, 3.8) is 0 Å². The lowest BCUT2D eigenvalue weighted by atomic mass is 9.89. The molecule has 1 saturated carbocycles. The van der Waals surface area contributed by atoms with Crippen molar-refractivity contribution < 1.29 is 34.1 Å². The van der Waals surface area contributed by atoms with E-state index in [1.165, 1.54) is 38.5 Å². The number of carbonyl (C=O) groups is 3. The highest BCUT2D eigenvalue weighted by Crippen LogP contribution is 2.28. The molecule has 3 amide bonds. The number of piperazine rings is 1. The highest BCUT2D eigenvalue weighted by molar-refractivity contribution is 5.74. The largest absolute Gasteiger partial charge is 0.457 e. The summed E-state index contributed by atoms with van der Waals surface area (Å²) >= 11 is 0. The van der Waals surface area contributed by atoms with Crippen LogP contribution in [0.3, 0.4) is 0 Å².